The van der Waals surface area contributed by atoms with Crippen molar-refractivity contribution in [2.45, 2.75) is 38.6 Å². The highest BCUT2D eigenvalue weighted by atomic mass is 35.5. The topological polar surface area (TPSA) is 35.5 Å². The van der Waals surface area contributed by atoms with Gasteiger partial charge in [0.1, 0.15) is 5.75 Å². The van der Waals surface area contributed by atoms with Crippen molar-refractivity contribution >= 4 is 24.8 Å². The van der Waals surface area contributed by atoms with Crippen LogP contribution in [0.4, 0.5) is 0 Å². The highest BCUT2D eigenvalue weighted by molar-refractivity contribution is 5.85. The Balaban J connectivity index is 0.00000121. The first kappa shape index (κ1) is 19.6. The summed E-state index contributed by atoms with van der Waals surface area (Å²) in [5.41, 5.74) is 2.28. The Morgan fingerprint density at radius 2 is 1.77 bits per heavy atom. The van der Waals surface area contributed by atoms with E-state index in [9.17, 15) is 5.11 Å². The molecular formula is C17H28Cl2N2O. The van der Waals surface area contributed by atoms with Crippen LogP contribution in [0.3, 0.4) is 0 Å². The standard InChI is InChI=1S/C17H26N2O.2ClH/c1-13-6-7-15(16(20)12-13)17(14-4-2-3-5-14)19-10-8-18-9-11-19;;/h6-7,12,14,17-18,20H,2-5,8-11H2,1H3;2*1H/t17-;;/m0../s1. The molecule has 1 aromatic carbocycles. The number of benzene rings is 1. The number of rotatable bonds is 3. The molecule has 0 amide bonds. The maximum absolute atomic E-state index is 10.4. The van der Waals surface area contributed by atoms with Gasteiger partial charge in [0.05, 0.1) is 0 Å². The molecule has 0 unspecified atom stereocenters. The molecule has 1 atom stereocenters. The van der Waals surface area contributed by atoms with Crippen LogP contribution in [0.2, 0.25) is 0 Å². The number of hydrogen-bond donors (Lipinski definition) is 2. The predicted octanol–water partition coefficient (Wildman–Crippen LogP) is 3.68. The Labute approximate surface area is 146 Å². The molecule has 3 nitrogen and oxygen atoms in total. The van der Waals surface area contributed by atoms with E-state index in [4.69, 9.17) is 0 Å². The average molecular weight is 347 g/mol. The van der Waals surface area contributed by atoms with E-state index >= 15 is 0 Å². The zero-order valence-corrected chi connectivity index (χ0v) is 14.9. The number of nitrogens with zero attached hydrogens (tertiary/aromatic N) is 1. The predicted molar refractivity (Wildman–Crippen MR) is 96.5 cm³/mol. The lowest BCUT2D eigenvalue weighted by Crippen LogP contribution is -2.46. The van der Waals surface area contributed by atoms with E-state index < -0.39 is 0 Å². The van der Waals surface area contributed by atoms with Gasteiger partial charge in [0.15, 0.2) is 0 Å². The number of phenols is 1. The van der Waals surface area contributed by atoms with Crippen LogP contribution >= 0.6 is 24.8 Å². The van der Waals surface area contributed by atoms with Crippen LogP contribution in [0.15, 0.2) is 18.2 Å². The third-order valence-corrected chi connectivity index (χ3v) is 4.90. The fourth-order valence-corrected chi connectivity index (χ4v) is 3.89. The van der Waals surface area contributed by atoms with E-state index in [1.807, 2.05) is 13.0 Å². The average Bonchev–Trinajstić information content (AvgIpc) is 2.97. The minimum atomic E-state index is 0. The van der Waals surface area contributed by atoms with Gasteiger partial charge in [-0.2, -0.15) is 0 Å². The molecule has 5 heteroatoms. The molecule has 1 aromatic rings. The number of aromatic hydroxyl groups is 1. The molecule has 2 N–H and O–H groups in total. The second-order valence-electron chi connectivity index (χ2n) is 6.34. The molecule has 1 aliphatic carbocycles. The molecule has 2 fully saturated rings. The molecule has 0 radical (unpaired) electrons. The third kappa shape index (κ3) is 4.29. The van der Waals surface area contributed by atoms with E-state index in [2.05, 4.69) is 22.3 Å². The van der Waals surface area contributed by atoms with Crippen molar-refractivity contribution in [1.29, 1.82) is 0 Å². The normalized spacial score (nSPS) is 21.0. The van der Waals surface area contributed by atoms with E-state index in [0.717, 1.165) is 37.3 Å². The lowest BCUT2D eigenvalue weighted by Gasteiger charge is -2.39. The smallest absolute Gasteiger partial charge is 0.120 e. The monoisotopic (exact) mass is 346 g/mol. The van der Waals surface area contributed by atoms with Crippen molar-refractivity contribution in [3.8, 4) is 5.75 Å². The summed E-state index contributed by atoms with van der Waals surface area (Å²) in [6.45, 7) is 6.35. The maximum atomic E-state index is 10.4. The summed E-state index contributed by atoms with van der Waals surface area (Å²) < 4.78 is 0. The van der Waals surface area contributed by atoms with E-state index in [1.165, 1.54) is 25.7 Å². The van der Waals surface area contributed by atoms with Gasteiger partial charge in [-0.1, -0.05) is 25.0 Å². The summed E-state index contributed by atoms with van der Waals surface area (Å²) in [7, 11) is 0. The molecule has 0 aromatic heterocycles. The molecule has 126 valence electrons. The number of aryl methyl sites for hydroxylation is 1. The van der Waals surface area contributed by atoms with Crippen molar-refractivity contribution < 1.29 is 5.11 Å². The summed E-state index contributed by atoms with van der Waals surface area (Å²) in [6, 6.07) is 6.61. The number of nitrogens with one attached hydrogen (secondary N) is 1. The quantitative estimate of drug-likeness (QED) is 0.876. The van der Waals surface area contributed by atoms with Gasteiger partial charge in [-0.25, -0.2) is 0 Å². The molecule has 1 aliphatic heterocycles. The summed E-state index contributed by atoms with van der Waals surface area (Å²) >= 11 is 0. The molecule has 22 heavy (non-hydrogen) atoms. The summed E-state index contributed by atoms with van der Waals surface area (Å²) in [4.78, 5) is 2.58. The van der Waals surface area contributed by atoms with Crippen molar-refractivity contribution in [3.05, 3.63) is 29.3 Å². The molecule has 1 saturated carbocycles. The highest BCUT2D eigenvalue weighted by Gasteiger charge is 2.33. The van der Waals surface area contributed by atoms with Crippen molar-refractivity contribution in [2.24, 2.45) is 5.92 Å². The van der Waals surface area contributed by atoms with Crippen LogP contribution in [0.25, 0.3) is 0 Å². The largest absolute Gasteiger partial charge is 0.508 e. The third-order valence-electron chi connectivity index (χ3n) is 4.90. The SMILES string of the molecule is Cc1ccc([C@H](C2CCCC2)N2CCNCC2)c(O)c1.Cl.Cl. The fraction of sp³-hybridized carbons (Fsp3) is 0.647. The molecule has 2 aliphatic rings. The van der Waals surface area contributed by atoms with Crippen LogP contribution in [0.5, 0.6) is 5.75 Å². The first-order valence-corrected chi connectivity index (χ1v) is 8.00. The Bertz CT molecular complexity index is 458. The summed E-state index contributed by atoms with van der Waals surface area (Å²) in [5, 5.41) is 13.8. The molecule has 1 saturated heterocycles. The van der Waals surface area contributed by atoms with Crippen molar-refractivity contribution in [1.82, 2.24) is 10.2 Å². The minimum absolute atomic E-state index is 0. The number of phenolic OH excluding ortho intramolecular Hbond substituents is 1. The van der Waals surface area contributed by atoms with Gasteiger partial charge in [0.25, 0.3) is 0 Å². The minimum Gasteiger partial charge on any atom is -0.508 e. The molecular weight excluding hydrogens is 319 g/mol. The van der Waals surface area contributed by atoms with Crippen LogP contribution in [0, 0.1) is 12.8 Å². The van der Waals surface area contributed by atoms with E-state index in [-0.39, 0.29) is 24.8 Å². The summed E-state index contributed by atoms with van der Waals surface area (Å²) in [6.07, 6.45) is 5.31. The maximum Gasteiger partial charge on any atom is 0.120 e. The highest BCUT2D eigenvalue weighted by Crippen LogP contribution is 2.42. The zero-order valence-electron chi connectivity index (χ0n) is 13.3. The number of halogens is 2. The Kier molecular flexibility index (Phi) is 7.98. The molecule has 3 rings (SSSR count). The van der Waals surface area contributed by atoms with Crippen LogP contribution in [-0.4, -0.2) is 36.2 Å². The van der Waals surface area contributed by atoms with Crippen LogP contribution in [0.1, 0.15) is 42.9 Å². The molecule has 0 bridgehead atoms. The molecule has 1 heterocycles. The first-order chi connectivity index (χ1) is 9.75. The van der Waals surface area contributed by atoms with Gasteiger partial charge in [0.2, 0.25) is 0 Å². The lowest BCUT2D eigenvalue weighted by atomic mass is 9.88. The van der Waals surface area contributed by atoms with E-state index in [0.29, 0.717) is 17.7 Å². The van der Waals surface area contributed by atoms with Gasteiger partial charge in [-0.3, -0.25) is 4.90 Å². The number of piperazine rings is 1. The zero-order chi connectivity index (χ0) is 13.9. The van der Waals surface area contributed by atoms with Gasteiger partial charge < -0.3 is 10.4 Å². The van der Waals surface area contributed by atoms with Crippen molar-refractivity contribution in [2.75, 3.05) is 26.2 Å². The van der Waals surface area contributed by atoms with E-state index in [1.54, 1.807) is 0 Å². The fourth-order valence-electron chi connectivity index (χ4n) is 3.89. The lowest BCUT2D eigenvalue weighted by molar-refractivity contribution is 0.123. The summed E-state index contributed by atoms with van der Waals surface area (Å²) in [5.74, 6) is 1.20. The Morgan fingerprint density at radius 1 is 1.14 bits per heavy atom. The first-order valence-electron chi connectivity index (χ1n) is 8.00. The van der Waals surface area contributed by atoms with Gasteiger partial charge >= 0.3 is 0 Å². The molecule has 0 spiro atoms. The second kappa shape index (κ2) is 8.97. The second-order valence-corrected chi connectivity index (χ2v) is 6.34. The van der Waals surface area contributed by atoms with Gasteiger partial charge in [-0.15, -0.1) is 24.8 Å². The number of hydrogen-bond acceptors (Lipinski definition) is 3. The Morgan fingerprint density at radius 3 is 2.36 bits per heavy atom. The van der Waals surface area contributed by atoms with Gasteiger partial charge in [-0.05, 0) is 37.3 Å². The Hall–Kier alpha value is -0.480. The van der Waals surface area contributed by atoms with Crippen molar-refractivity contribution in [3.63, 3.8) is 0 Å². The van der Waals surface area contributed by atoms with Gasteiger partial charge in [0, 0.05) is 37.8 Å². The van der Waals surface area contributed by atoms with Crippen LogP contribution in [-0.2, 0) is 0 Å². The van der Waals surface area contributed by atoms with Crippen LogP contribution < -0.4 is 5.32 Å².